The summed E-state index contributed by atoms with van der Waals surface area (Å²) in [4.78, 5) is 12.6. The Bertz CT molecular complexity index is 628. The van der Waals surface area contributed by atoms with E-state index < -0.39 is 5.41 Å². The van der Waals surface area contributed by atoms with Crippen LogP contribution in [0.3, 0.4) is 0 Å². The fraction of sp³-hybridized carbons (Fsp3) is 0.476. The van der Waals surface area contributed by atoms with Crippen LogP contribution in [-0.2, 0) is 22.6 Å². The summed E-state index contributed by atoms with van der Waals surface area (Å²) in [6.45, 7) is 8.56. The van der Waals surface area contributed by atoms with Gasteiger partial charge in [-0.25, -0.2) is 0 Å². The van der Waals surface area contributed by atoms with Gasteiger partial charge in [0.25, 0.3) is 0 Å². The Balaban J connectivity index is 2.00. The fourth-order valence-corrected chi connectivity index (χ4v) is 2.95. The van der Waals surface area contributed by atoms with E-state index in [4.69, 9.17) is 9.15 Å². The van der Waals surface area contributed by atoms with E-state index in [-0.39, 0.29) is 12.6 Å². The van der Waals surface area contributed by atoms with Crippen molar-refractivity contribution in [2.24, 2.45) is 5.41 Å². The highest BCUT2D eigenvalue weighted by Crippen LogP contribution is 2.36. The molecule has 1 aromatic carbocycles. The largest absolute Gasteiger partial charge is 0.466 e. The molecule has 2 rings (SSSR count). The lowest BCUT2D eigenvalue weighted by molar-refractivity contribution is -0.157. The summed E-state index contributed by atoms with van der Waals surface area (Å²) in [5, 5.41) is 0. The highest BCUT2D eigenvalue weighted by Gasteiger charge is 2.35. The maximum absolute atomic E-state index is 12.6. The smallest absolute Gasteiger partial charge is 0.312 e. The van der Waals surface area contributed by atoms with Gasteiger partial charge in [0.2, 0.25) is 0 Å². The zero-order chi connectivity index (χ0) is 17.6. The second-order valence-electron chi connectivity index (χ2n) is 6.77. The zero-order valence-electron chi connectivity index (χ0n) is 15.2. The van der Waals surface area contributed by atoms with Crippen LogP contribution >= 0.6 is 0 Å². The Morgan fingerprint density at radius 2 is 1.92 bits per heavy atom. The number of rotatable bonds is 8. The van der Waals surface area contributed by atoms with Crippen LogP contribution in [0, 0.1) is 5.41 Å². The molecule has 0 aliphatic carbocycles. The zero-order valence-corrected chi connectivity index (χ0v) is 15.2. The molecule has 0 spiro atoms. The summed E-state index contributed by atoms with van der Waals surface area (Å²) < 4.78 is 10.7. The molecule has 0 amide bonds. The van der Waals surface area contributed by atoms with Gasteiger partial charge in [-0.1, -0.05) is 45.0 Å². The molecule has 0 saturated carbocycles. The molecule has 24 heavy (non-hydrogen) atoms. The van der Waals surface area contributed by atoms with Gasteiger partial charge in [0, 0.05) is 0 Å². The molecule has 0 fully saturated rings. The van der Waals surface area contributed by atoms with Crippen LogP contribution in [0.15, 0.2) is 47.1 Å². The predicted molar refractivity (Wildman–Crippen MR) is 95.8 cm³/mol. The second kappa shape index (κ2) is 8.18. The van der Waals surface area contributed by atoms with Crippen molar-refractivity contribution in [3.63, 3.8) is 0 Å². The van der Waals surface area contributed by atoms with Gasteiger partial charge in [-0.15, -0.1) is 0 Å². The van der Waals surface area contributed by atoms with E-state index >= 15 is 0 Å². The first-order chi connectivity index (χ1) is 11.5. The molecule has 3 heteroatoms. The van der Waals surface area contributed by atoms with Gasteiger partial charge in [0.15, 0.2) is 0 Å². The Morgan fingerprint density at radius 1 is 1.21 bits per heavy atom. The first-order valence-electron chi connectivity index (χ1n) is 8.77. The normalized spacial score (nSPS) is 14.8. The van der Waals surface area contributed by atoms with Gasteiger partial charge in [-0.3, -0.25) is 4.79 Å². The summed E-state index contributed by atoms with van der Waals surface area (Å²) in [7, 11) is 0. The van der Waals surface area contributed by atoms with Crippen LogP contribution in [0.25, 0.3) is 0 Å². The van der Waals surface area contributed by atoms with E-state index in [1.54, 1.807) is 12.3 Å². The van der Waals surface area contributed by atoms with Crippen molar-refractivity contribution < 1.29 is 13.9 Å². The first-order valence-corrected chi connectivity index (χ1v) is 8.77. The van der Waals surface area contributed by atoms with Crippen molar-refractivity contribution in [1.82, 2.24) is 0 Å². The molecule has 130 valence electrons. The molecule has 2 aromatic rings. The molecule has 0 aliphatic heterocycles. The SMILES string of the molecule is CCc1ccc(C(C)CC(C)(CC)C(=O)OCc2ccco2)cc1. The molecule has 0 radical (unpaired) electrons. The predicted octanol–water partition coefficient (Wildman–Crippen LogP) is 5.50. The summed E-state index contributed by atoms with van der Waals surface area (Å²) in [6.07, 6.45) is 4.15. The minimum Gasteiger partial charge on any atom is -0.466 e. The van der Waals surface area contributed by atoms with E-state index in [0.29, 0.717) is 11.7 Å². The van der Waals surface area contributed by atoms with Gasteiger partial charge in [-0.05, 0) is 55.4 Å². The number of aryl methyl sites for hydroxylation is 1. The average molecular weight is 328 g/mol. The maximum atomic E-state index is 12.6. The van der Waals surface area contributed by atoms with E-state index in [0.717, 1.165) is 19.3 Å². The molecule has 0 N–H and O–H groups in total. The van der Waals surface area contributed by atoms with Crippen LogP contribution in [-0.4, -0.2) is 5.97 Å². The summed E-state index contributed by atoms with van der Waals surface area (Å²) in [6, 6.07) is 12.3. The third kappa shape index (κ3) is 4.50. The van der Waals surface area contributed by atoms with Gasteiger partial charge < -0.3 is 9.15 Å². The molecule has 1 heterocycles. The van der Waals surface area contributed by atoms with Crippen molar-refractivity contribution in [2.75, 3.05) is 0 Å². The van der Waals surface area contributed by atoms with Crippen LogP contribution < -0.4 is 0 Å². The minimum atomic E-state index is -0.491. The van der Waals surface area contributed by atoms with Gasteiger partial charge in [0.1, 0.15) is 12.4 Å². The van der Waals surface area contributed by atoms with E-state index in [1.807, 2.05) is 19.9 Å². The molecule has 3 nitrogen and oxygen atoms in total. The molecule has 0 saturated heterocycles. The topological polar surface area (TPSA) is 39.4 Å². The molecule has 2 atom stereocenters. The average Bonchev–Trinajstić information content (AvgIpc) is 3.13. The molecule has 0 aliphatic rings. The standard InChI is InChI=1S/C21H28O3/c1-5-17-9-11-18(12-10-17)16(3)14-21(4,6-2)20(22)24-15-19-8-7-13-23-19/h7-13,16H,5-6,14-15H2,1-4H3. The lowest BCUT2D eigenvalue weighted by Crippen LogP contribution is -2.30. The van der Waals surface area contributed by atoms with Crippen molar-refractivity contribution in [3.8, 4) is 0 Å². The van der Waals surface area contributed by atoms with E-state index in [9.17, 15) is 4.79 Å². The monoisotopic (exact) mass is 328 g/mol. The number of carbonyl (C=O) groups is 1. The molecular weight excluding hydrogens is 300 g/mol. The van der Waals surface area contributed by atoms with Crippen molar-refractivity contribution in [1.29, 1.82) is 0 Å². The van der Waals surface area contributed by atoms with Crippen molar-refractivity contribution in [2.45, 2.75) is 59.5 Å². The highest BCUT2D eigenvalue weighted by atomic mass is 16.5. The Morgan fingerprint density at radius 3 is 2.46 bits per heavy atom. The Kier molecular flexibility index (Phi) is 6.24. The molecule has 1 aromatic heterocycles. The highest BCUT2D eigenvalue weighted by molar-refractivity contribution is 5.76. The van der Waals surface area contributed by atoms with Gasteiger partial charge >= 0.3 is 5.97 Å². The van der Waals surface area contributed by atoms with Crippen LogP contribution in [0.5, 0.6) is 0 Å². The number of ether oxygens (including phenoxy) is 1. The van der Waals surface area contributed by atoms with Gasteiger partial charge in [0.05, 0.1) is 11.7 Å². The number of benzene rings is 1. The van der Waals surface area contributed by atoms with E-state index in [2.05, 4.69) is 38.1 Å². The van der Waals surface area contributed by atoms with Crippen LogP contribution in [0.2, 0.25) is 0 Å². The quantitative estimate of drug-likeness (QED) is 0.601. The number of hydrogen-bond donors (Lipinski definition) is 0. The minimum absolute atomic E-state index is 0.154. The molecular formula is C21H28O3. The Hall–Kier alpha value is -2.03. The van der Waals surface area contributed by atoms with Gasteiger partial charge in [-0.2, -0.15) is 0 Å². The van der Waals surface area contributed by atoms with Crippen molar-refractivity contribution in [3.05, 3.63) is 59.5 Å². The first kappa shape index (κ1) is 18.3. The number of furan rings is 1. The van der Waals surface area contributed by atoms with Crippen LogP contribution in [0.4, 0.5) is 0 Å². The number of carbonyl (C=O) groups excluding carboxylic acids is 1. The lowest BCUT2D eigenvalue weighted by Gasteiger charge is -2.29. The summed E-state index contributed by atoms with van der Waals surface area (Å²) >= 11 is 0. The lowest BCUT2D eigenvalue weighted by atomic mass is 9.77. The summed E-state index contributed by atoms with van der Waals surface area (Å²) in [5.74, 6) is 0.820. The fourth-order valence-electron chi connectivity index (χ4n) is 2.95. The number of esters is 1. The molecule has 0 bridgehead atoms. The van der Waals surface area contributed by atoms with Crippen molar-refractivity contribution >= 4 is 5.97 Å². The third-order valence-corrected chi connectivity index (χ3v) is 4.91. The van der Waals surface area contributed by atoms with E-state index in [1.165, 1.54) is 11.1 Å². The maximum Gasteiger partial charge on any atom is 0.312 e. The summed E-state index contributed by atoms with van der Waals surface area (Å²) in [5.41, 5.74) is 2.11. The molecule has 2 unspecified atom stereocenters. The number of hydrogen-bond acceptors (Lipinski definition) is 3. The third-order valence-electron chi connectivity index (χ3n) is 4.91. The second-order valence-corrected chi connectivity index (χ2v) is 6.77. The van der Waals surface area contributed by atoms with Crippen LogP contribution in [0.1, 0.15) is 63.3 Å². The Labute approximate surface area is 145 Å².